The van der Waals surface area contributed by atoms with Crippen LogP contribution in [0.25, 0.3) is 0 Å². The summed E-state index contributed by atoms with van der Waals surface area (Å²) >= 11 is 0. The lowest BCUT2D eigenvalue weighted by Crippen LogP contribution is -2.46. The van der Waals surface area contributed by atoms with Crippen molar-refractivity contribution in [2.45, 2.75) is 33.1 Å². The van der Waals surface area contributed by atoms with Crippen molar-refractivity contribution in [3.8, 4) is 0 Å². The topological polar surface area (TPSA) is 95.9 Å². The number of nitrogens with one attached hydrogen (secondary N) is 1. The van der Waals surface area contributed by atoms with Crippen LogP contribution in [-0.4, -0.2) is 54.2 Å². The zero-order chi connectivity index (χ0) is 15.8. The molecule has 0 aliphatic carbocycles. The molecule has 0 aromatic heterocycles. The van der Waals surface area contributed by atoms with E-state index in [1.54, 1.807) is 11.8 Å². The van der Waals surface area contributed by atoms with Crippen LogP contribution in [0.2, 0.25) is 0 Å². The molecule has 21 heavy (non-hydrogen) atoms. The van der Waals surface area contributed by atoms with Crippen LogP contribution in [0.1, 0.15) is 33.1 Å². The normalized spacial score (nSPS) is 17.1. The summed E-state index contributed by atoms with van der Waals surface area (Å²) in [5, 5.41) is 11.6. The largest absolute Gasteiger partial charge is 0.481 e. The molecular weight excluding hydrogens is 276 g/mol. The summed E-state index contributed by atoms with van der Waals surface area (Å²) in [7, 11) is 0. The Morgan fingerprint density at radius 1 is 1.33 bits per heavy atom. The Kier molecular flexibility index (Phi) is 6.98. The highest BCUT2D eigenvalue weighted by atomic mass is 16.5. The number of amides is 2. The summed E-state index contributed by atoms with van der Waals surface area (Å²) in [6.45, 7) is 5.01. The molecular formula is C14H24N2O5. The number of rotatable bonds is 6. The Labute approximate surface area is 124 Å². The first-order chi connectivity index (χ1) is 9.95. The summed E-state index contributed by atoms with van der Waals surface area (Å²) in [6, 6.07) is -0.238. The fourth-order valence-corrected chi connectivity index (χ4v) is 2.06. The van der Waals surface area contributed by atoms with E-state index >= 15 is 0 Å². The van der Waals surface area contributed by atoms with Gasteiger partial charge in [-0.25, -0.2) is 4.79 Å². The van der Waals surface area contributed by atoms with E-state index in [-0.39, 0.29) is 37.0 Å². The first-order valence-corrected chi connectivity index (χ1v) is 7.37. The van der Waals surface area contributed by atoms with Crippen molar-refractivity contribution in [2.24, 2.45) is 11.8 Å². The SMILES string of the molecule is CCC(C)C(=O)OCCNC(=O)N1CCC(C(=O)O)CC1. The van der Waals surface area contributed by atoms with Gasteiger partial charge in [0.05, 0.1) is 18.4 Å². The number of carbonyl (C=O) groups is 3. The third-order valence-electron chi connectivity index (χ3n) is 3.77. The first-order valence-electron chi connectivity index (χ1n) is 7.37. The second kappa shape index (κ2) is 8.49. The van der Waals surface area contributed by atoms with Crippen LogP contribution >= 0.6 is 0 Å². The number of hydrogen-bond donors (Lipinski definition) is 2. The molecule has 0 spiro atoms. The lowest BCUT2D eigenvalue weighted by atomic mass is 9.97. The number of aliphatic carboxylic acids is 1. The number of carboxylic acids is 1. The molecule has 0 bridgehead atoms. The second-order valence-corrected chi connectivity index (χ2v) is 5.31. The van der Waals surface area contributed by atoms with Crippen LogP contribution in [0.4, 0.5) is 4.79 Å². The fraction of sp³-hybridized carbons (Fsp3) is 0.786. The molecule has 7 heteroatoms. The van der Waals surface area contributed by atoms with Gasteiger partial charge in [0.25, 0.3) is 0 Å². The van der Waals surface area contributed by atoms with Crippen LogP contribution in [-0.2, 0) is 14.3 Å². The van der Waals surface area contributed by atoms with Crippen molar-refractivity contribution < 1.29 is 24.2 Å². The average molecular weight is 300 g/mol. The molecule has 2 N–H and O–H groups in total. The number of ether oxygens (including phenoxy) is 1. The van der Waals surface area contributed by atoms with Crippen molar-refractivity contribution >= 4 is 18.0 Å². The van der Waals surface area contributed by atoms with Crippen LogP contribution in [0.3, 0.4) is 0 Å². The molecule has 2 amide bonds. The molecule has 1 heterocycles. The predicted octanol–water partition coefficient (Wildman–Crippen LogP) is 1.08. The smallest absolute Gasteiger partial charge is 0.317 e. The van der Waals surface area contributed by atoms with Crippen molar-refractivity contribution in [1.29, 1.82) is 0 Å². The van der Waals surface area contributed by atoms with Crippen LogP contribution in [0, 0.1) is 11.8 Å². The molecule has 1 fully saturated rings. The van der Waals surface area contributed by atoms with Gasteiger partial charge in [-0.05, 0) is 19.3 Å². The van der Waals surface area contributed by atoms with Crippen LogP contribution < -0.4 is 5.32 Å². The Balaban J connectivity index is 2.17. The molecule has 1 rings (SSSR count). The molecule has 0 aromatic rings. The van der Waals surface area contributed by atoms with E-state index in [0.717, 1.165) is 6.42 Å². The van der Waals surface area contributed by atoms with E-state index < -0.39 is 5.97 Å². The van der Waals surface area contributed by atoms with E-state index in [1.807, 2.05) is 6.92 Å². The molecule has 1 aliphatic heterocycles. The zero-order valence-corrected chi connectivity index (χ0v) is 12.6. The van der Waals surface area contributed by atoms with Gasteiger partial charge in [0.2, 0.25) is 0 Å². The maximum Gasteiger partial charge on any atom is 0.317 e. The van der Waals surface area contributed by atoms with Gasteiger partial charge in [0, 0.05) is 13.1 Å². The highest BCUT2D eigenvalue weighted by molar-refractivity contribution is 5.75. The fourth-order valence-electron chi connectivity index (χ4n) is 2.06. The monoisotopic (exact) mass is 300 g/mol. The molecule has 1 saturated heterocycles. The quantitative estimate of drug-likeness (QED) is 0.565. The minimum Gasteiger partial charge on any atom is -0.481 e. The van der Waals surface area contributed by atoms with Gasteiger partial charge in [-0.3, -0.25) is 9.59 Å². The number of piperidine rings is 1. The van der Waals surface area contributed by atoms with Gasteiger partial charge in [-0.1, -0.05) is 13.8 Å². The number of nitrogens with zero attached hydrogens (tertiary/aromatic N) is 1. The Morgan fingerprint density at radius 3 is 2.48 bits per heavy atom. The summed E-state index contributed by atoms with van der Waals surface area (Å²) in [5.41, 5.74) is 0. The number of carboxylic acid groups (broad SMARTS) is 1. The standard InChI is InChI=1S/C14H24N2O5/c1-3-10(2)13(19)21-9-6-15-14(20)16-7-4-11(5-8-16)12(17)18/h10-11H,3-9H2,1-2H3,(H,15,20)(H,17,18). The Bertz CT molecular complexity index is 378. The van der Waals surface area contributed by atoms with Gasteiger partial charge < -0.3 is 20.1 Å². The van der Waals surface area contributed by atoms with Gasteiger partial charge >= 0.3 is 18.0 Å². The summed E-state index contributed by atoms with van der Waals surface area (Å²) in [4.78, 5) is 35.7. The molecule has 0 aromatic carbocycles. The van der Waals surface area contributed by atoms with E-state index in [0.29, 0.717) is 25.9 Å². The minimum absolute atomic E-state index is 0.129. The molecule has 0 saturated carbocycles. The molecule has 1 unspecified atom stereocenters. The van der Waals surface area contributed by atoms with E-state index in [4.69, 9.17) is 9.84 Å². The van der Waals surface area contributed by atoms with Crippen LogP contribution in [0.5, 0.6) is 0 Å². The first kappa shape index (κ1) is 17.3. The maximum absolute atomic E-state index is 11.8. The van der Waals surface area contributed by atoms with Crippen molar-refractivity contribution in [1.82, 2.24) is 10.2 Å². The predicted molar refractivity (Wildman–Crippen MR) is 75.7 cm³/mol. The number of urea groups is 1. The maximum atomic E-state index is 11.8. The van der Waals surface area contributed by atoms with E-state index in [1.165, 1.54) is 0 Å². The van der Waals surface area contributed by atoms with Gasteiger partial charge in [-0.2, -0.15) is 0 Å². The summed E-state index contributed by atoms with van der Waals surface area (Å²) < 4.78 is 5.03. The third-order valence-corrected chi connectivity index (χ3v) is 3.77. The van der Waals surface area contributed by atoms with E-state index in [2.05, 4.69) is 5.32 Å². The molecule has 1 atom stereocenters. The number of likely N-dealkylation sites (tertiary alicyclic amines) is 1. The number of hydrogen-bond acceptors (Lipinski definition) is 4. The van der Waals surface area contributed by atoms with Crippen LogP contribution in [0.15, 0.2) is 0 Å². The van der Waals surface area contributed by atoms with Crippen molar-refractivity contribution in [3.05, 3.63) is 0 Å². The lowest BCUT2D eigenvalue weighted by Gasteiger charge is -2.30. The summed E-state index contributed by atoms with van der Waals surface area (Å²) in [5.74, 6) is -1.54. The number of esters is 1. The van der Waals surface area contributed by atoms with Gasteiger partial charge in [-0.15, -0.1) is 0 Å². The summed E-state index contributed by atoms with van der Waals surface area (Å²) in [6.07, 6.45) is 1.68. The Morgan fingerprint density at radius 2 is 1.95 bits per heavy atom. The van der Waals surface area contributed by atoms with Crippen molar-refractivity contribution in [3.63, 3.8) is 0 Å². The average Bonchev–Trinajstić information content (AvgIpc) is 2.50. The zero-order valence-electron chi connectivity index (χ0n) is 12.6. The van der Waals surface area contributed by atoms with E-state index in [9.17, 15) is 14.4 Å². The third kappa shape index (κ3) is 5.61. The molecule has 7 nitrogen and oxygen atoms in total. The van der Waals surface area contributed by atoms with Gasteiger partial charge in [0.15, 0.2) is 0 Å². The second-order valence-electron chi connectivity index (χ2n) is 5.31. The Hall–Kier alpha value is -1.79. The highest BCUT2D eigenvalue weighted by Crippen LogP contribution is 2.17. The van der Waals surface area contributed by atoms with Gasteiger partial charge in [0.1, 0.15) is 6.61 Å². The molecule has 0 radical (unpaired) electrons. The highest BCUT2D eigenvalue weighted by Gasteiger charge is 2.26. The number of carbonyl (C=O) groups excluding carboxylic acids is 2. The van der Waals surface area contributed by atoms with Crippen molar-refractivity contribution in [2.75, 3.05) is 26.2 Å². The lowest BCUT2D eigenvalue weighted by molar-refractivity contribution is -0.147. The molecule has 120 valence electrons. The molecule has 1 aliphatic rings. The minimum atomic E-state index is -0.799.